The second-order valence-corrected chi connectivity index (χ2v) is 10.5. The fraction of sp³-hybridized carbons (Fsp3) is 0.417. The highest BCUT2D eigenvalue weighted by Crippen LogP contribution is 2.38. The number of benzene rings is 2. The quantitative estimate of drug-likeness (QED) is 0.695. The van der Waals surface area contributed by atoms with E-state index in [1.807, 2.05) is 32.9 Å². The average Bonchev–Trinajstić information content (AvgIpc) is 3.21. The van der Waals surface area contributed by atoms with Gasteiger partial charge in [-0.1, -0.05) is 29.8 Å². The second-order valence-electron chi connectivity index (χ2n) is 8.68. The molecule has 2 fully saturated rings. The van der Waals surface area contributed by atoms with Crippen molar-refractivity contribution in [3.05, 3.63) is 59.2 Å². The number of carbonyl (C=O) groups is 2. The Morgan fingerprint density at radius 1 is 0.970 bits per heavy atom. The maximum Gasteiger partial charge on any atom is 0.313 e. The molecule has 0 radical (unpaired) electrons. The molecule has 2 aliphatic rings. The number of nitrogens with one attached hydrogen (secondary N) is 1. The minimum atomic E-state index is -3.74. The van der Waals surface area contributed by atoms with Crippen LogP contribution in [0.2, 0.25) is 0 Å². The molecule has 0 unspecified atom stereocenters. The van der Waals surface area contributed by atoms with Gasteiger partial charge in [-0.2, -0.15) is 4.31 Å². The molecule has 33 heavy (non-hydrogen) atoms. The van der Waals surface area contributed by atoms with Gasteiger partial charge >= 0.3 is 11.8 Å². The van der Waals surface area contributed by atoms with Crippen LogP contribution in [0.5, 0.6) is 0 Å². The minimum Gasteiger partial charge on any atom is -0.358 e. The molecule has 2 amide bonds. The van der Waals surface area contributed by atoms with E-state index in [9.17, 15) is 18.0 Å². The Kier molecular flexibility index (Phi) is 6.30. The molecule has 9 heteroatoms. The third kappa shape index (κ3) is 4.40. The predicted octanol–water partition coefficient (Wildman–Crippen LogP) is 2.59. The van der Waals surface area contributed by atoms with Crippen molar-refractivity contribution in [1.82, 2.24) is 9.21 Å². The summed E-state index contributed by atoms with van der Waals surface area (Å²) in [6.07, 6.45) is 0.612. The number of rotatable bonds is 3. The van der Waals surface area contributed by atoms with Gasteiger partial charge in [-0.05, 0) is 50.1 Å². The van der Waals surface area contributed by atoms with Crippen LogP contribution in [0.15, 0.2) is 47.4 Å². The maximum absolute atomic E-state index is 13.3. The zero-order chi connectivity index (χ0) is 23.8. The number of hydrogen-bond donors (Lipinski definition) is 1. The zero-order valence-electron chi connectivity index (χ0n) is 19.1. The van der Waals surface area contributed by atoms with E-state index in [2.05, 4.69) is 5.32 Å². The van der Waals surface area contributed by atoms with E-state index in [-0.39, 0.29) is 24.5 Å². The number of amides is 2. The predicted molar refractivity (Wildman–Crippen MR) is 124 cm³/mol. The lowest BCUT2D eigenvalue weighted by atomic mass is 10.0. The first-order valence-electron chi connectivity index (χ1n) is 11.0. The van der Waals surface area contributed by atoms with Crippen LogP contribution < -0.4 is 5.32 Å². The van der Waals surface area contributed by atoms with Crippen molar-refractivity contribution < 1.29 is 22.7 Å². The highest BCUT2D eigenvalue weighted by molar-refractivity contribution is 7.89. The lowest BCUT2D eigenvalue weighted by molar-refractivity contribution is -0.148. The van der Waals surface area contributed by atoms with Crippen molar-refractivity contribution in [1.29, 1.82) is 0 Å². The van der Waals surface area contributed by atoms with Crippen LogP contribution in [0.25, 0.3) is 0 Å². The highest BCUT2D eigenvalue weighted by Gasteiger charge is 2.51. The SMILES string of the molecule is Cc1ccc(S(=O)(=O)N2CCOC23CCN(C(=O)C(=O)Nc2cccc(C)c2C)CC3)cc1. The number of likely N-dealkylation sites (tertiary alicyclic amines) is 1. The molecule has 0 aromatic heterocycles. The molecule has 1 spiro atoms. The third-order valence-electron chi connectivity index (χ3n) is 6.61. The lowest BCUT2D eigenvalue weighted by Crippen LogP contribution is -2.56. The molecule has 2 aromatic rings. The maximum atomic E-state index is 13.3. The minimum absolute atomic E-state index is 0.226. The molecule has 0 bridgehead atoms. The van der Waals surface area contributed by atoms with E-state index in [1.165, 1.54) is 9.21 Å². The van der Waals surface area contributed by atoms with Crippen LogP contribution in [0.1, 0.15) is 29.5 Å². The second kappa shape index (κ2) is 8.89. The topological polar surface area (TPSA) is 96.0 Å². The third-order valence-corrected chi connectivity index (χ3v) is 8.57. The first-order chi connectivity index (χ1) is 15.6. The summed E-state index contributed by atoms with van der Waals surface area (Å²) in [5.74, 6) is -1.33. The van der Waals surface area contributed by atoms with Crippen molar-refractivity contribution in [2.75, 3.05) is 31.6 Å². The van der Waals surface area contributed by atoms with E-state index in [0.717, 1.165) is 16.7 Å². The molecule has 0 atom stereocenters. The molecule has 4 rings (SSSR count). The molecule has 1 N–H and O–H groups in total. The van der Waals surface area contributed by atoms with Crippen LogP contribution in [0.3, 0.4) is 0 Å². The standard InChI is InChI=1S/C24H29N3O5S/c1-17-7-9-20(10-8-17)33(30,31)27-15-16-32-24(27)11-13-26(14-12-24)23(29)22(28)25-21-6-4-5-18(2)19(21)3/h4-10H,11-16H2,1-3H3,(H,25,28). The summed E-state index contributed by atoms with van der Waals surface area (Å²) in [7, 11) is -3.74. The van der Waals surface area contributed by atoms with E-state index < -0.39 is 27.6 Å². The number of hydrogen-bond acceptors (Lipinski definition) is 5. The summed E-state index contributed by atoms with van der Waals surface area (Å²) in [6, 6.07) is 12.3. The Morgan fingerprint density at radius 3 is 2.30 bits per heavy atom. The smallest absolute Gasteiger partial charge is 0.313 e. The number of nitrogens with zero attached hydrogens (tertiary/aromatic N) is 2. The monoisotopic (exact) mass is 471 g/mol. The molecular weight excluding hydrogens is 442 g/mol. The number of aryl methyl sites for hydroxylation is 2. The Labute approximate surface area is 194 Å². The van der Waals surface area contributed by atoms with Crippen LogP contribution in [-0.4, -0.2) is 61.4 Å². The summed E-state index contributed by atoms with van der Waals surface area (Å²) in [5, 5.41) is 2.70. The lowest BCUT2D eigenvalue weighted by Gasteiger charge is -2.42. The first-order valence-corrected chi connectivity index (χ1v) is 12.5. The number of sulfonamides is 1. The molecule has 2 saturated heterocycles. The summed E-state index contributed by atoms with van der Waals surface area (Å²) >= 11 is 0. The van der Waals surface area contributed by atoms with Gasteiger partial charge in [0.05, 0.1) is 11.5 Å². The number of ether oxygens (including phenoxy) is 1. The van der Waals surface area contributed by atoms with Gasteiger partial charge in [0, 0.05) is 38.2 Å². The van der Waals surface area contributed by atoms with Crippen LogP contribution in [0.4, 0.5) is 5.69 Å². The van der Waals surface area contributed by atoms with Crippen LogP contribution in [-0.2, 0) is 24.3 Å². The molecule has 0 saturated carbocycles. The molecule has 2 aromatic carbocycles. The number of carbonyl (C=O) groups excluding carboxylic acids is 2. The van der Waals surface area contributed by atoms with Gasteiger partial charge in [-0.15, -0.1) is 0 Å². The highest BCUT2D eigenvalue weighted by atomic mass is 32.2. The van der Waals surface area contributed by atoms with Gasteiger partial charge in [0.2, 0.25) is 10.0 Å². The van der Waals surface area contributed by atoms with E-state index in [1.54, 1.807) is 30.3 Å². The Balaban J connectivity index is 1.44. The Bertz CT molecular complexity index is 1170. The fourth-order valence-corrected chi connectivity index (χ4v) is 6.15. The molecule has 8 nitrogen and oxygen atoms in total. The van der Waals surface area contributed by atoms with Gasteiger partial charge in [-0.3, -0.25) is 9.59 Å². The molecule has 2 heterocycles. The van der Waals surface area contributed by atoms with Crippen LogP contribution in [0, 0.1) is 20.8 Å². The number of anilines is 1. The average molecular weight is 472 g/mol. The van der Waals surface area contributed by atoms with Gasteiger partial charge in [-0.25, -0.2) is 8.42 Å². The van der Waals surface area contributed by atoms with Crippen molar-refractivity contribution in [2.24, 2.45) is 0 Å². The molecular formula is C24H29N3O5S. The van der Waals surface area contributed by atoms with E-state index >= 15 is 0 Å². The van der Waals surface area contributed by atoms with Crippen molar-refractivity contribution in [3.63, 3.8) is 0 Å². The van der Waals surface area contributed by atoms with E-state index in [4.69, 9.17) is 4.74 Å². The first kappa shape index (κ1) is 23.4. The van der Waals surface area contributed by atoms with Gasteiger partial charge in [0.1, 0.15) is 5.72 Å². The van der Waals surface area contributed by atoms with Crippen molar-refractivity contribution in [3.8, 4) is 0 Å². The zero-order valence-corrected chi connectivity index (χ0v) is 19.9. The summed E-state index contributed by atoms with van der Waals surface area (Å²) < 4.78 is 34.0. The Hall–Kier alpha value is -2.75. The van der Waals surface area contributed by atoms with Crippen LogP contribution >= 0.6 is 0 Å². The largest absolute Gasteiger partial charge is 0.358 e. The number of piperidine rings is 1. The van der Waals surface area contributed by atoms with Gasteiger partial charge < -0.3 is 15.0 Å². The van der Waals surface area contributed by atoms with Gasteiger partial charge in [0.15, 0.2) is 0 Å². The normalized spacial score (nSPS) is 18.5. The fourth-order valence-electron chi connectivity index (χ4n) is 4.43. The van der Waals surface area contributed by atoms with E-state index in [0.29, 0.717) is 25.1 Å². The summed E-state index contributed by atoms with van der Waals surface area (Å²) in [5.41, 5.74) is 2.52. The summed E-state index contributed by atoms with van der Waals surface area (Å²) in [4.78, 5) is 27.0. The van der Waals surface area contributed by atoms with Gasteiger partial charge in [0.25, 0.3) is 0 Å². The molecule has 2 aliphatic heterocycles. The Morgan fingerprint density at radius 2 is 1.64 bits per heavy atom. The summed E-state index contributed by atoms with van der Waals surface area (Å²) in [6.45, 7) is 6.76. The molecule has 176 valence electrons. The van der Waals surface area contributed by atoms with Crippen molar-refractivity contribution >= 4 is 27.5 Å². The van der Waals surface area contributed by atoms with Crippen molar-refractivity contribution in [2.45, 2.75) is 44.2 Å². The molecule has 0 aliphatic carbocycles.